The standard InChI is InChI=1S/C18H16N2O2S/c1-13-11-14-5-2-3-7-17(14)20(13)23(21,22)18-8-4-6-15-12-19-10-9-16(15)18/h2-10,12-13H,11H2,1H3. The highest BCUT2D eigenvalue weighted by atomic mass is 32.2. The van der Waals surface area contributed by atoms with Crippen LogP contribution >= 0.6 is 0 Å². The fourth-order valence-corrected chi connectivity index (χ4v) is 5.24. The topological polar surface area (TPSA) is 50.3 Å². The van der Waals surface area contributed by atoms with Crippen LogP contribution in [-0.4, -0.2) is 19.4 Å². The minimum atomic E-state index is -3.62. The molecule has 23 heavy (non-hydrogen) atoms. The molecule has 116 valence electrons. The van der Waals surface area contributed by atoms with E-state index in [1.807, 2.05) is 37.3 Å². The summed E-state index contributed by atoms with van der Waals surface area (Å²) in [5.41, 5.74) is 1.86. The van der Waals surface area contributed by atoms with Crippen LogP contribution in [0.1, 0.15) is 12.5 Å². The second kappa shape index (κ2) is 5.06. The van der Waals surface area contributed by atoms with Gasteiger partial charge in [-0.2, -0.15) is 0 Å². The van der Waals surface area contributed by atoms with Crippen molar-refractivity contribution < 1.29 is 8.42 Å². The predicted molar refractivity (Wildman–Crippen MR) is 91.0 cm³/mol. The number of anilines is 1. The minimum Gasteiger partial charge on any atom is -0.264 e. The first-order valence-electron chi connectivity index (χ1n) is 7.54. The van der Waals surface area contributed by atoms with Crippen molar-refractivity contribution in [1.82, 2.24) is 4.98 Å². The summed E-state index contributed by atoms with van der Waals surface area (Å²) in [5.74, 6) is 0. The number of sulfonamides is 1. The largest absolute Gasteiger partial charge is 0.265 e. The zero-order valence-electron chi connectivity index (χ0n) is 12.7. The maximum absolute atomic E-state index is 13.3. The van der Waals surface area contributed by atoms with Gasteiger partial charge in [-0.15, -0.1) is 0 Å². The number of fused-ring (bicyclic) bond motifs is 2. The van der Waals surface area contributed by atoms with E-state index in [1.165, 1.54) is 0 Å². The van der Waals surface area contributed by atoms with E-state index in [2.05, 4.69) is 4.98 Å². The lowest BCUT2D eigenvalue weighted by atomic mass is 10.1. The first-order valence-corrected chi connectivity index (χ1v) is 8.98. The molecule has 1 aliphatic rings. The van der Waals surface area contributed by atoms with Gasteiger partial charge in [0.2, 0.25) is 0 Å². The van der Waals surface area contributed by atoms with Crippen molar-refractivity contribution in [3.63, 3.8) is 0 Å². The van der Waals surface area contributed by atoms with Crippen LogP contribution in [0.2, 0.25) is 0 Å². The van der Waals surface area contributed by atoms with E-state index in [0.717, 1.165) is 23.1 Å². The van der Waals surface area contributed by atoms with Crippen LogP contribution in [0.3, 0.4) is 0 Å². The second-order valence-corrected chi connectivity index (χ2v) is 7.62. The summed E-state index contributed by atoms with van der Waals surface area (Å²) in [5, 5.41) is 1.53. The quantitative estimate of drug-likeness (QED) is 0.726. The molecule has 0 radical (unpaired) electrons. The van der Waals surface area contributed by atoms with Crippen LogP contribution < -0.4 is 4.31 Å². The zero-order valence-corrected chi connectivity index (χ0v) is 13.5. The number of rotatable bonds is 2. The molecule has 2 heterocycles. The molecule has 0 N–H and O–H groups in total. The van der Waals surface area contributed by atoms with Gasteiger partial charge in [-0.3, -0.25) is 9.29 Å². The Morgan fingerprint density at radius 3 is 2.78 bits per heavy atom. The van der Waals surface area contributed by atoms with Gasteiger partial charge >= 0.3 is 0 Å². The average Bonchev–Trinajstić information content (AvgIpc) is 2.90. The van der Waals surface area contributed by atoms with Crippen LogP contribution in [0.5, 0.6) is 0 Å². The third kappa shape index (κ3) is 2.11. The van der Waals surface area contributed by atoms with Crippen molar-refractivity contribution in [2.24, 2.45) is 0 Å². The summed E-state index contributed by atoms with van der Waals surface area (Å²) in [7, 11) is -3.62. The van der Waals surface area contributed by atoms with Gasteiger partial charge in [-0.05, 0) is 37.1 Å². The van der Waals surface area contributed by atoms with Crippen molar-refractivity contribution in [2.75, 3.05) is 4.31 Å². The molecule has 0 saturated carbocycles. The highest BCUT2D eigenvalue weighted by Gasteiger charge is 2.36. The Morgan fingerprint density at radius 1 is 1.09 bits per heavy atom. The van der Waals surface area contributed by atoms with E-state index in [-0.39, 0.29) is 6.04 Å². The van der Waals surface area contributed by atoms with E-state index >= 15 is 0 Å². The molecule has 0 bridgehead atoms. The monoisotopic (exact) mass is 324 g/mol. The molecule has 0 amide bonds. The molecular formula is C18H16N2O2S. The number of aromatic nitrogens is 1. The molecule has 1 unspecified atom stereocenters. The Labute approximate surface area is 135 Å². The second-order valence-electron chi connectivity index (χ2n) is 5.84. The lowest BCUT2D eigenvalue weighted by molar-refractivity contribution is 0.585. The highest BCUT2D eigenvalue weighted by molar-refractivity contribution is 7.93. The van der Waals surface area contributed by atoms with Crippen LogP contribution in [0.4, 0.5) is 5.69 Å². The molecule has 5 heteroatoms. The Balaban J connectivity index is 1.94. The van der Waals surface area contributed by atoms with Gasteiger partial charge in [0.25, 0.3) is 10.0 Å². The Bertz CT molecular complexity index is 993. The lowest BCUT2D eigenvalue weighted by Gasteiger charge is -2.25. The molecule has 1 aliphatic heterocycles. The molecule has 4 rings (SSSR count). The Hall–Kier alpha value is -2.40. The number of hydrogen-bond donors (Lipinski definition) is 0. The van der Waals surface area contributed by atoms with Crippen LogP contribution in [0.25, 0.3) is 10.8 Å². The van der Waals surface area contributed by atoms with Gasteiger partial charge < -0.3 is 0 Å². The van der Waals surface area contributed by atoms with Gasteiger partial charge in [-0.1, -0.05) is 30.3 Å². The summed E-state index contributed by atoms with van der Waals surface area (Å²) in [6.07, 6.45) is 4.06. The summed E-state index contributed by atoms with van der Waals surface area (Å²) >= 11 is 0. The van der Waals surface area contributed by atoms with Gasteiger partial charge in [0.05, 0.1) is 10.6 Å². The SMILES string of the molecule is CC1Cc2ccccc2N1S(=O)(=O)c1cccc2cnccc12. The van der Waals surface area contributed by atoms with Gasteiger partial charge in [0, 0.05) is 29.2 Å². The fourth-order valence-electron chi connectivity index (χ4n) is 3.33. The van der Waals surface area contributed by atoms with Crippen molar-refractivity contribution in [1.29, 1.82) is 0 Å². The van der Waals surface area contributed by atoms with Gasteiger partial charge in [-0.25, -0.2) is 8.42 Å². The summed E-state index contributed by atoms with van der Waals surface area (Å²) in [4.78, 5) is 4.41. The van der Waals surface area contributed by atoms with Crippen molar-refractivity contribution in [3.05, 3.63) is 66.5 Å². The predicted octanol–water partition coefficient (Wildman–Crippen LogP) is 3.37. The van der Waals surface area contributed by atoms with E-state index in [1.54, 1.807) is 34.9 Å². The van der Waals surface area contributed by atoms with Crippen LogP contribution in [-0.2, 0) is 16.4 Å². The normalized spacial score (nSPS) is 17.4. The van der Waals surface area contributed by atoms with E-state index in [0.29, 0.717) is 10.3 Å². The third-order valence-electron chi connectivity index (χ3n) is 4.32. The van der Waals surface area contributed by atoms with Gasteiger partial charge in [0.1, 0.15) is 0 Å². The van der Waals surface area contributed by atoms with Gasteiger partial charge in [0.15, 0.2) is 0 Å². The molecule has 2 aromatic carbocycles. The number of pyridine rings is 1. The summed E-state index contributed by atoms with van der Waals surface area (Å²) in [6.45, 7) is 1.95. The van der Waals surface area contributed by atoms with Crippen molar-refractivity contribution in [3.8, 4) is 0 Å². The molecule has 0 aliphatic carbocycles. The first kappa shape index (κ1) is 14.2. The molecule has 3 aromatic rings. The van der Waals surface area contributed by atoms with E-state index < -0.39 is 10.0 Å². The first-order chi connectivity index (χ1) is 11.1. The van der Waals surface area contributed by atoms with Crippen LogP contribution in [0.15, 0.2) is 65.8 Å². The number of para-hydroxylation sites is 1. The highest BCUT2D eigenvalue weighted by Crippen LogP contribution is 2.37. The lowest BCUT2D eigenvalue weighted by Crippen LogP contribution is -2.35. The third-order valence-corrected chi connectivity index (χ3v) is 6.31. The van der Waals surface area contributed by atoms with Crippen molar-refractivity contribution in [2.45, 2.75) is 24.3 Å². The van der Waals surface area contributed by atoms with Crippen LogP contribution in [0, 0.1) is 0 Å². The zero-order chi connectivity index (χ0) is 16.0. The molecular weight excluding hydrogens is 308 g/mol. The molecule has 4 nitrogen and oxygen atoms in total. The fraction of sp³-hybridized carbons (Fsp3) is 0.167. The summed E-state index contributed by atoms with van der Waals surface area (Å²) in [6, 6.07) is 14.7. The Kier molecular flexibility index (Phi) is 3.13. The molecule has 0 spiro atoms. The minimum absolute atomic E-state index is 0.0884. The Morgan fingerprint density at radius 2 is 1.91 bits per heavy atom. The summed E-state index contributed by atoms with van der Waals surface area (Å²) < 4.78 is 28.2. The number of benzene rings is 2. The van der Waals surface area contributed by atoms with E-state index in [9.17, 15) is 8.42 Å². The molecule has 0 saturated heterocycles. The average molecular weight is 324 g/mol. The molecule has 1 aromatic heterocycles. The van der Waals surface area contributed by atoms with Crippen molar-refractivity contribution >= 4 is 26.5 Å². The molecule has 0 fully saturated rings. The number of hydrogen-bond acceptors (Lipinski definition) is 3. The maximum Gasteiger partial charge on any atom is 0.265 e. The smallest absolute Gasteiger partial charge is 0.264 e. The number of nitrogens with zero attached hydrogens (tertiary/aromatic N) is 2. The maximum atomic E-state index is 13.3. The molecule has 1 atom stereocenters. The van der Waals surface area contributed by atoms with E-state index in [4.69, 9.17) is 0 Å².